The molecule has 0 aliphatic heterocycles. The van der Waals surface area contributed by atoms with Crippen molar-refractivity contribution in [2.75, 3.05) is 0 Å². The van der Waals surface area contributed by atoms with Gasteiger partial charge in [-0.2, -0.15) is 0 Å². The fourth-order valence-corrected chi connectivity index (χ4v) is 3.22. The first-order valence-electron chi connectivity index (χ1n) is 6.61. The van der Waals surface area contributed by atoms with E-state index in [1.165, 1.54) is 0 Å². The molecule has 1 aliphatic rings. The monoisotopic (exact) mass is 300 g/mol. The zero-order valence-corrected chi connectivity index (χ0v) is 12.5. The quantitative estimate of drug-likeness (QED) is 0.869. The summed E-state index contributed by atoms with van der Waals surface area (Å²) in [5, 5.41) is 10.6. The Bertz CT molecular complexity index is 477. The number of rotatable bonds is 3. The summed E-state index contributed by atoms with van der Waals surface area (Å²) >= 11 is 12.2. The standard InChI is InChI=1S/C15H18Cl2O2/c1-10-5-7-15(8-6-10,14(18)19)9-11-3-2-4-12(16)13(11)17/h2-4,10H,5-9H2,1H3,(H,18,19). The van der Waals surface area contributed by atoms with Gasteiger partial charge in [0.25, 0.3) is 0 Å². The molecule has 0 unspecified atom stereocenters. The van der Waals surface area contributed by atoms with Crippen LogP contribution >= 0.6 is 23.2 Å². The lowest BCUT2D eigenvalue weighted by molar-refractivity contribution is -0.151. The minimum atomic E-state index is -0.713. The van der Waals surface area contributed by atoms with E-state index in [0.717, 1.165) is 18.4 Å². The van der Waals surface area contributed by atoms with Gasteiger partial charge in [-0.15, -0.1) is 0 Å². The number of carboxylic acid groups (broad SMARTS) is 1. The number of hydrogen-bond acceptors (Lipinski definition) is 1. The Hall–Kier alpha value is -0.730. The Kier molecular flexibility index (Phi) is 4.42. The summed E-state index contributed by atoms with van der Waals surface area (Å²) in [5.74, 6) is -0.0993. The molecule has 4 heteroatoms. The average Bonchev–Trinajstić information content (AvgIpc) is 2.37. The number of hydrogen-bond donors (Lipinski definition) is 1. The number of carboxylic acids is 1. The number of aliphatic carboxylic acids is 1. The van der Waals surface area contributed by atoms with Crippen LogP contribution in [0.25, 0.3) is 0 Å². The normalized spacial score (nSPS) is 27.2. The Balaban J connectivity index is 2.27. The Labute approximate surface area is 123 Å². The first-order chi connectivity index (χ1) is 8.94. The van der Waals surface area contributed by atoms with Gasteiger partial charge in [0.1, 0.15) is 0 Å². The van der Waals surface area contributed by atoms with Gasteiger partial charge in [0.15, 0.2) is 0 Å². The molecule has 2 rings (SSSR count). The van der Waals surface area contributed by atoms with Crippen molar-refractivity contribution in [2.24, 2.45) is 11.3 Å². The molecule has 0 saturated heterocycles. The predicted molar refractivity (Wildman–Crippen MR) is 77.9 cm³/mol. The highest BCUT2D eigenvalue weighted by molar-refractivity contribution is 6.42. The Morgan fingerprint density at radius 1 is 1.37 bits per heavy atom. The highest BCUT2D eigenvalue weighted by atomic mass is 35.5. The number of halogens is 2. The van der Waals surface area contributed by atoms with Crippen molar-refractivity contribution < 1.29 is 9.90 Å². The van der Waals surface area contributed by atoms with Crippen molar-refractivity contribution in [3.8, 4) is 0 Å². The topological polar surface area (TPSA) is 37.3 Å². The number of carbonyl (C=O) groups is 1. The average molecular weight is 301 g/mol. The molecule has 1 fully saturated rings. The van der Waals surface area contributed by atoms with Gasteiger partial charge in [-0.05, 0) is 49.7 Å². The zero-order valence-electron chi connectivity index (χ0n) is 11.0. The third kappa shape index (κ3) is 3.06. The molecule has 0 bridgehead atoms. The van der Waals surface area contributed by atoms with Gasteiger partial charge in [0, 0.05) is 0 Å². The second kappa shape index (κ2) is 5.72. The molecule has 104 valence electrons. The van der Waals surface area contributed by atoms with Gasteiger partial charge < -0.3 is 5.11 Å². The van der Waals surface area contributed by atoms with Gasteiger partial charge in [0.05, 0.1) is 15.5 Å². The molecular weight excluding hydrogens is 283 g/mol. The van der Waals surface area contributed by atoms with Crippen LogP contribution in [-0.4, -0.2) is 11.1 Å². The summed E-state index contributed by atoms with van der Waals surface area (Å²) in [6.45, 7) is 2.18. The van der Waals surface area contributed by atoms with E-state index in [2.05, 4.69) is 6.92 Å². The van der Waals surface area contributed by atoms with E-state index in [1.54, 1.807) is 6.07 Å². The predicted octanol–water partition coefficient (Wildman–Crippen LogP) is 4.82. The summed E-state index contributed by atoms with van der Waals surface area (Å²) in [6.07, 6.45) is 3.82. The van der Waals surface area contributed by atoms with Crippen molar-refractivity contribution in [1.29, 1.82) is 0 Å². The van der Waals surface area contributed by atoms with Crippen LogP contribution in [0.5, 0.6) is 0 Å². The van der Waals surface area contributed by atoms with E-state index in [0.29, 0.717) is 35.2 Å². The van der Waals surface area contributed by atoms with Crippen LogP contribution in [0.4, 0.5) is 0 Å². The van der Waals surface area contributed by atoms with Crippen LogP contribution in [-0.2, 0) is 11.2 Å². The van der Waals surface area contributed by atoms with Gasteiger partial charge >= 0.3 is 5.97 Å². The first kappa shape index (κ1) is 14.7. The second-order valence-electron chi connectivity index (χ2n) is 5.66. The van der Waals surface area contributed by atoms with Crippen molar-refractivity contribution in [3.63, 3.8) is 0 Å². The maximum absolute atomic E-state index is 11.7. The van der Waals surface area contributed by atoms with E-state index in [1.807, 2.05) is 12.1 Å². The van der Waals surface area contributed by atoms with Crippen LogP contribution < -0.4 is 0 Å². The van der Waals surface area contributed by atoms with Crippen molar-refractivity contribution >= 4 is 29.2 Å². The molecule has 1 aromatic rings. The summed E-state index contributed by atoms with van der Waals surface area (Å²) in [7, 11) is 0. The van der Waals surface area contributed by atoms with Crippen molar-refractivity contribution in [3.05, 3.63) is 33.8 Å². The molecule has 0 radical (unpaired) electrons. The molecule has 0 amide bonds. The smallest absolute Gasteiger partial charge is 0.309 e. The number of benzene rings is 1. The molecule has 1 aromatic carbocycles. The van der Waals surface area contributed by atoms with Gasteiger partial charge in [0.2, 0.25) is 0 Å². The summed E-state index contributed by atoms with van der Waals surface area (Å²) in [6, 6.07) is 5.42. The summed E-state index contributed by atoms with van der Waals surface area (Å²) in [5.41, 5.74) is 0.159. The zero-order chi connectivity index (χ0) is 14.0. The molecular formula is C15H18Cl2O2. The summed E-state index contributed by atoms with van der Waals surface area (Å²) < 4.78 is 0. The van der Waals surface area contributed by atoms with Crippen LogP contribution in [0, 0.1) is 11.3 Å². The summed E-state index contributed by atoms with van der Waals surface area (Å²) in [4.78, 5) is 11.7. The van der Waals surface area contributed by atoms with E-state index in [9.17, 15) is 9.90 Å². The van der Waals surface area contributed by atoms with Crippen LogP contribution in [0.2, 0.25) is 10.0 Å². The molecule has 2 nitrogen and oxygen atoms in total. The van der Waals surface area contributed by atoms with Crippen molar-refractivity contribution in [2.45, 2.75) is 39.0 Å². The molecule has 0 heterocycles. The van der Waals surface area contributed by atoms with Crippen LogP contribution in [0.3, 0.4) is 0 Å². The molecule has 0 spiro atoms. The second-order valence-corrected chi connectivity index (χ2v) is 6.44. The van der Waals surface area contributed by atoms with E-state index < -0.39 is 11.4 Å². The fraction of sp³-hybridized carbons (Fsp3) is 0.533. The van der Waals surface area contributed by atoms with Gasteiger partial charge in [-0.1, -0.05) is 42.3 Å². The minimum Gasteiger partial charge on any atom is -0.481 e. The lowest BCUT2D eigenvalue weighted by Crippen LogP contribution is -2.37. The molecule has 0 atom stereocenters. The Morgan fingerprint density at radius 3 is 2.58 bits per heavy atom. The van der Waals surface area contributed by atoms with Gasteiger partial charge in [-0.3, -0.25) is 4.79 Å². The van der Waals surface area contributed by atoms with Crippen molar-refractivity contribution in [1.82, 2.24) is 0 Å². The Morgan fingerprint density at radius 2 is 2.00 bits per heavy atom. The molecule has 1 N–H and O–H groups in total. The minimum absolute atomic E-state index is 0.467. The van der Waals surface area contributed by atoms with Crippen LogP contribution in [0.15, 0.2) is 18.2 Å². The maximum Gasteiger partial charge on any atom is 0.309 e. The third-order valence-corrected chi connectivity index (χ3v) is 5.10. The highest BCUT2D eigenvalue weighted by Gasteiger charge is 2.41. The largest absolute Gasteiger partial charge is 0.481 e. The molecule has 19 heavy (non-hydrogen) atoms. The van der Waals surface area contributed by atoms with E-state index in [4.69, 9.17) is 23.2 Å². The maximum atomic E-state index is 11.7. The highest BCUT2D eigenvalue weighted by Crippen LogP contribution is 2.43. The first-order valence-corrected chi connectivity index (χ1v) is 7.36. The van der Waals surface area contributed by atoms with E-state index >= 15 is 0 Å². The van der Waals surface area contributed by atoms with Crippen LogP contribution in [0.1, 0.15) is 38.2 Å². The molecule has 0 aromatic heterocycles. The lowest BCUT2D eigenvalue weighted by atomic mass is 9.68. The van der Waals surface area contributed by atoms with Gasteiger partial charge in [-0.25, -0.2) is 0 Å². The third-order valence-electron chi connectivity index (χ3n) is 4.25. The SMILES string of the molecule is CC1CCC(Cc2cccc(Cl)c2Cl)(C(=O)O)CC1. The van der Waals surface area contributed by atoms with E-state index in [-0.39, 0.29) is 0 Å². The lowest BCUT2D eigenvalue weighted by Gasteiger charge is -2.36. The molecule has 1 aliphatic carbocycles. The fourth-order valence-electron chi connectivity index (χ4n) is 2.83. The molecule has 1 saturated carbocycles.